The van der Waals surface area contributed by atoms with Crippen LogP contribution in [0.3, 0.4) is 0 Å². The molecule has 0 spiro atoms. The second-order valence-electron chi connectivity index (χ2n) is 9.44. The van der Waals surface area contributed by atoms with Crippen molar-refractivity contribution in [2.24, 2.45) is 0 Å². The van der Waals surface area contributed by atoms with Gasteiger partial charge in [0.1, 0.15) is 0 Å². The minimum atomic E-state index is -0.697. The lowest BCUT2D eigenvalue weighted by Crippen LogP contribution is -2.21. The Morgan fingerprint density at radius 3 is 0.775 bits per heavy atom. The van der Waals surface area contributed by atoms with Crippen molar-refractivity contribution in [3.63, 3.8) is 0 Å². The average Bonchev–Trinajstić information content (AvgIpc) is 3.04. The standard InChI is InChI=1S/C37H28OP2/c38-37(29-21-25-35(26-22-29)39(31-13-5-1-6-14-31)32-15-7-2-8-16-32)30-23-27-36(28-24-30)40(33-17-9-3-10-18-33)34-19-11-4-12-20-34/h1-28H. The van der Waals surface area contributed by atoms with Crippen LogP contribution in [0.5, 0.6) is 0 Å². The Balaban J connectivity index is 1.27. The summed E-state index contributed by atoms with van der Waals surface area (Å²) in [7, 11) is -1.39. The molecule has 0 aromatic heterocycles. The highest BCUT2D eigenvalue weighted by Gasteiger charge is 2.19. The summed E-state index contributed by atoms with van der Waals surface area (Å²) in [4.78, 5) is 13.5. The lowest BCUT2D eigenvalue weighted by Gasteiger charge is -2.20. The van der Waals surface area contributed by atoms with Crippen LogP contribution in [0.15, 0.2) is 170 Å². The van der Waals surface area contributed by atoms with Gasteiger partial charge in [-0.3, -0.25) is 4.79 Å². The second kappa shape index (κ2) is 12.4. The first-order valence-corrected chi connectivity index (χ1v) is 16.0. The number of carbonyl (C=O) groups excluding carboxylic acids is 1. The summed E-state index contributed by atoms with van der Waals surface area (Å²) in [6.45, 7) is 0. The largest absolute Gasteiger partial charge is 0.289 e. The number of benzene rings is 6. The highest BCUT2D eigenvalue weighted by Crippen LogP contribution is 2.34. The summed E-state index contributed by atoms with van der Waals surface area (Å²) in [5.74, 6) is 0.0469. The van der Waals surface area contributed by atoms with Gasteiger partial charge >= 0.3 is 0 Å². The first-order chi connectivity index (χ1) is 19.8. The third kappa shape index (κ3) is 5.73. The third-order valence-corrected chi connectivity index (χ3v) is 11.7. The number of hydrogen-bond acceptors (Lipinski definition) is 1. The van der Waals surface area contributed by atoms with Crippen molar-refractivity contribution < 1.29 is 4.79 Å². The lowest BCUT2D eigenvalue weighted by molar-refractivity contribution is 0.103. The Hall–Kier alpha value is -4.15. The number of hydrogen-bond donors (Lipinski definition) is 0. The van der Waals surface area contributed by atoms with Gasteiger partial charge in [0.15, 0.2) is 5.78 Å². The SMILES string of the molecule is O=C(c1ccc(P(c2ccccc2)c2ccccc2)cc1)c1ccc(P(c2ccccc2)c2ccccc2)cc1. The molecule has 0 saturated carbocycles. The molecule has 0 saturated heterocycles. The second-order valence-corrected chi connectivity index (χ2v) is 13.9. The zero-order valence-electron chi connectivity index (χ0n) is 22.0. The fraction of sp³-hybridized carbons (Fsp3) is 0. The van der Waals surface area contributed by atoms with E-state index in [0.717, 1.165) is 0 Å². The van der Waals surface area contributed by atoms with Crippen LogP contribution in [0.25, 0.3) is 0 Å². The lowest BCUT2D eigenvalue weighted by atomic mass is 10.0. The maximum absolute atomic E-state index is 13.5. The Bertz CT molecular complexity index is 1460. The van der Waals surface area contributed by atoms with Crippen molar-refractivity contribution in [1.29, 1.82) is 0 Å². The number of carbonyl (C=O) groups is 1. The minimum absolute atomic E-state index is 0.0469. The topological polar surface area (TPSA) is 17.1 Å². The van der Waals surface area contributed by atoms with Gasteiger partial charge in [0.05, 0.1) is 0 Å². The van der Waals surface area contributed by atoms with Gasteiger partial charge in [0.25, 0.3) is 0 Å². The quantitative estimate of drug-likeness (QED) is 0.158. The summed E-state index contributed by atoms with van der Waals surface area (Å²) in [5.41, 5.74) is 1.42. The van der Waals surface area contributed by atoms with Crippen molar-refractivity contribution in [1.82, 2.24) is 0 Å². The van der Waals surface area contributed by atoms with Gasteiger partial charge in [-0.05, 0) is 47.7 Å². The fourth-order valence-electron chi connectivity index (χ4n) is 4.89. The molecule has 0 atom stereocenters. The highest BCUT2D eigenvalue weighted by atomic mass is 31.1. The Morgan fingerprint density at radius 2 is 0.525 bits per heavy atom. The van der Waals surface area contributed by atoms with Crippen molar-refractivity contribution >= 4 is 53.5 Å². The normalized spacial score (nSPS) is 11.1. The highest BCUT2D eigenvalue weighted by molar-refractivity contribution is 7.80. The Labute approximate surface area is 238 Å². The minimum Gasteiger partial charge on any atom is -0.289 e. The van der Waals surface area contributed by atoms with Crippen LogP contribution in [0.1, 0.15) is 15.9 Å². The maximum Gasteiger partial charge on any atom is 0.193 e. The van der Waals surface area contributed by atoms with Crippen molar-refractivity contribution in [3.8, 4) is 0 Å². The van der Waals surface area contributed by atoms with Crippen LogP contribution in [0.4, 0.5) is 0 Å². The molecule has 0 aliphatic carbocycles. The predicted octanol–water partition coefficient (Wildman–Crippen LogP) is 6.43. The zero-order valence-corrected chi connectivity index (χ0v) is 23.8. The molecule has 6 aromatic carbocycles. The molecule has 0 radical (unpaired) electrons. The molecule has 0 N–H and O–H groups in total. The van der Waals surface area contributed by atoms with E-state index in [4.69, 9.17) is 0 Å². The van der Waals surface area contributed by atoms with Gasteiger partial charge in [-0.2, -0.15) is 0 Å². The number of rotatable bonds is 8. The van der Waals surface area contributed by atoms with E-state index in [2.05, 4.69) is 146 Å². The van der Waals surface area contributed by atoms with E-state index < -0.39 is 15.8 Å². The summed E-state index contributed by atoms with van der Waals surface area (Å²) in [6.07, 6.45) is 0. The van der Waals surface area contributed by atoms with Gasteiger partial charge in [-0.25, -0.2) is 0 Å². The molecule has 40 heavy (non-hydrogen) atoms. The van der Waals surface area contributed by atoms with Crippen molar-refractivity contribution in [3.05, 3.63) is 181 Å². The molecular weight excluding hydrogens is 522 g/mol. The molecule has 3 heteroatoms. The zero-order chi connectivity index (χ0) is 27.1. The van der Waals surface area contributed by atoms with E-state index in [1.54, 1.807) is 0 Å². The molecule has 0 aliphatic heterocycles. The molecule has 0 amide bonds. The molecule has 6 rings (SSSR count). The third-order valence-electron chi connectivity index (χ3n) is 6.83. The Kier molecular flexibility index (Phi) is 8.06. The van der Waals surface area contributed by atoms with Gasteiger partial charge in [0, 0.05) is 11.1 Å². The molecule has 1 nitrogen and oxygen atoms in total. The van der Waals surface area contributed by atoms with Gasteiger partial charge in [-0.15, -0.1) is 0 Å². The molecule has 6 aromatic rings. The van der Waals surface area contributed by atoms with E-state index >= 15 is 0 Å². The van der Waals surface area contributed by atoms with E-state index in [0.29, 0.717) is 11.1 Å². The van der Waals surface area contributed by atoms with Gasteiger partial charge < -0.3 is 0 Å². The predicted molar refractivity (Wildman–Crippen MR) is 174 cm³/mol. The Morgan fingerprint density at radius 1 is 0.300 bits per heavy atom. The first kappa shape index (κ1) is 26.1. The summed E-state index contributed by atoms with van der Waals surface area (Å²) >= 11 is 0. The van der Waals surface area contributed by atoms with Crippen LogP contribution in [-0.2, 0) is 0 Å². The van der Waals surface area contributed by atoms with Crippen LogP contribution in [0.2, 0.25) is 0 Å². The monoisotopic (exact) mass is 550 g/mol. The maximum atomic E-state index is 13.5. The molecule has 0 fully saturated rings. The smallest absolute Gasteiger partial charge is 0.193 e. The van der Waals surface area contributed by atoms with E-state index in [1.165, 1.54) is 31.8 Å². The van der Waals surface area contributed by atoms with E-state index in [1.807, 2.05) is 24.3 Å². The summed E-state index contributed by atoms with van der Waals surface area (Å²) < 4.78 is 0. The first-order valence-electron chi connectivity index (χ1n) is 13.3. The average molecular weight is 551 g/mol. The van der Waals surface area contributed by atoms with E-state index in [9.17, 15) is 4.79 Å². The molecular formula is C37H28OP2. The summed E-state index contributed by atoms with van der Waals surface area (Å²) in [6, 6.07) is 58.9. The van der Waals surface area contributed by atoms with Crippen molar-refractivity contribution in [2.75, 3.05) is 0 Å². The van der Waals surface area contributed by atoms with Crippen LogP contribution in [0, 0.1) is 0 Å². The molecule has 0 aliphatic rings. The van der Waals surface area contributed by atoms with Crippen LogP contribution < -0.4 is 31.8 Å². The fourth-order valence-corrected chi connectivity index (χ4v) is 9.46. The van der Waals surface area contributed by atoms with Gasteiger partial charge in [-0.1, -0.05) is 170 Å². The van der Waals surface area contributed by atoms with E-state index in [-0.39, 0.29) is 5.78 Å². The summed E-state index contributed by atoms with van der Waals surface area (Å²) in [5, 5.41) is 7.66. The number of ketones is 1. The molecule has 0 unspecified atom stereocenters. The van der Waals surface area contributed by atoms with Crippen LogP contribution >= 0.6 is 15.8 Å². The van der Waals surface area contributed by atoms with Gasteiger partial charge in [0.2, 0.25) is 0 Å². The molecule has 0 heterocycles. The van der Waals surface area contributed by atoms with Crippen molar-refractivity contribution in [2.45, 2.75) is 0 Å². The molecule has 192 valence electrons. The molecule has 0 bridgehead atoms. The van der Waals surface area contributed by atoms with Crippen LogP contribution in [-0.4, -0.2) is 5.78 Å².